The summed E-state index contributed by atoms with van der Waals surface area (Å²) in [6, 6.07) is 10.7. The van der Waals surface area contributed by atoms with Gasteiger partial charge in [-0.3, -0.25) is 9.79 Å². The van der Waals surface area contributed by atoms with Gasteiger partial charge in [0.15, 0.2) is 23.0 Å². The van der Waals surface area contributed by atoms with Crippen LogP contribution in [0.25, 0.3) is 0 Å². The van der Waals surface area contributed by atoms with E-state index >= 15 is 0 Å². The minimum atomic E-state index is -0.619. The van der Waals surface area contributed by atoms with Crippen molar-refractivity contribution in [3.63, 3.8) is 0 Å². The molecule has 2 aromatic carbocycles. The van der Waals surface area contributed by atoms with Crippen molar-refractivity contribution < 1.29 is 33.6 Å². The Balaban J connectivity index is 1.75. The van der Waals surface area contributed by atoms with Gasteiger partial charge in [0.2, 0.25) is 0 Å². The molecule has 2 aliphatic rings. The Hall–Kier alpha value is -3.46. The molecule has 214 valence electrons. The summed E-state index contributed by atoms with van der Waals surface area (Å²) in [4.78, 5) is 32.2. The van der Waals surface area contributed by atoms with Crippen molar-refractivity contribution in [3.8, 4) is 23.0 Å². The van der Waals surface area contributed by atoms with Gasteiger partial charge < -0.3 is 24.1 Å². The van der Waals surface area contributed by atoms with Crippen LogP contribution in [-0.2, 0) is 14.3 Å². The van der Waals surface area contributed by atoms with Crippen LogP contribution in [0, 0.1) is 5.92 Å². The van der Waals surface area contributed by atoms with Crippen LogP contribution in [0.4, 0.5) is 0 Å². The maximum atomic E-state index is 13.9. The number of aromatic hydroxyl groups is 1. The van der Waals surface area contributed by atoms with E-state index < -0.39 is 17.8 Å². The fraction of sp³-hybridized carbons (Fsp3) is 0.452. The molecule has 1 heterocycles. The van der Waals surface area contributed by atoms with E-state index in [0.717, 1.165) is 17.0 Å². The minimum absolute atomic E-state index is 0.000147. The molecule has 1 N–H and O–H groups in total. The van der Waals surface area contributed by atoms with E-state index in [4.69, 9.17) is 23.9 Å². The third kappa shape index (κ3) is 6.14. The molecule has 1 fully saturated rings. The Morgan fingerprint density at radius 2 is 1.73 bits per heavy atom. The third-order valence-corrected chi connectivity index (χ3v) is 8.22. The number of aliphatic imine (C=N–C) groups is 1. The predicted molar refractivity (Wildman–Crippen MR) is 156 cm³/mol. The lowest BCUT2D eigenvalue weighted by Gasteiger charge is -2.38. The normalized spacial score (nSPS) is 20.5. The highest BCUT2D eigenvalue weighted by molar-refractivity contribution is 7.99. The van der Waals surface area contributed by atoms with Gasteiger partial charge >= 0.3 is 5.97 Å². The number of benzene rings is 2. The number of hydrogen-bond acceptors (Lipinski definition) is 9. The first-order valence-electron chi connectivity index (χ1n) is 13.6. The molecule has 8 nitrogen and oxygen atoms in total. The number of phenols is 1. The van der Waals surface area contributed by atoms with Crippen molar-refractivity contribution in [1.82, 2.24) is 0 Å². The Bertz CT molecular complexity index is 1320. The predicted octanol–water partition coefficient (Wildman–Crippen LogP) is 5.68. The summed E-state index contributed by atoms with van der Waals surface area (Å²) in [6.07, 6.45) is 0.853. The second-order valence-electron chi connectivity index (χ2n) is 9.74. The number of ketones is 1. The van der Waals surface area contributed by atoms with Crippen molar-refractivity contribution in [1.29, 1.82) is 0 Å². The molecule has 1 saturated carbocycles. The Kier molecular flexibility index (Phi) is 9.79. The fourth-order valence-corrected chi connectivity index (χ4v) is 6.04. The van der Waals surface area contributed by atoms with Gasteiger partial charge in [-0.05, 0) is 67.3 Å². The summed E-state index contributed by atoms with van der Waals surface area (Å²) in [5.41, 5.74) is 3.32. The van der Waals surface area contributed by atoms with Gasteiger partial charge in [0.05, 0.1) is 32.3 Å². The van der Waals surface area contributed by atoms with E-state index in [1.165, 1.54) is 0 Å². The number of nitrogens with zero attached hydrogens (tertiary/aromatic N) is 1. The summed E-state index contributed by atoms with van der Waals surface area (Å²) in [5.74, 6) is 1.38. The highest BCUT2D eigenvalue weighted by Crippen LogP contribution is 2.47. The number of allylic oxidation sites excluding steroid dienone is 1. The van der Waals surface area contributed by atoms with E-state index in [1.807, 2.05) is 25.1 Å². The lowest BCUT2D eigenvalue weighted by atomic mass is 9.66. The van der Waals surface area contributed by atoms with Crippen LogP contribution in [0.2, 0.25) is 0 Å². The first-order valence-corrected chi connectivity index (χ1v) is 14.7. The summed E-state index contributed by atoms with van der Waals surface area (Å²) in [6.45, 7) is 6.32. The number of carbonyl (C=O) groups is 2. The fourth-order valence-electron chi connectivity index (χ4n) is 5.55. The summed E-state index contributed by atoms with van der Waals surface area (Å²) >= 11 is 1.69. The van der Waals surface area contributed by atoms with Gasteiger partial charge in [0.25, 0.3) is 0 Å². The average molecular weight is 568 g/mol. The maximum absolute atomic E-state index is 13.9. The zero-order valence-corrected chi connectivity index (χ0v) is 24.5. The highest BCUT2D eigenvalue weighted by atomic mass is 32.2. The maximum Gasteiger partial charge on any atom is 0.336 e. The molecule has 9 heteroatoms. The molecule has 0 spiro atoms. The molecule has 3 atom stereocenters. The molecule has 1 aliphatic heterocycles. The molecule has 0 saturated heterocycles. The molecule has 1 aliphatic carbocycles. The monoisotopic (exact) mass is 567 g/mol. The van der Waals surface area contributed by atoms with Gasteiger partial charge in [-0.15, -0.1) is 0 Å². The Morgan fingerprint density at radius 1 is 1.00 bits per heavy atom. The van der Waals surface area contributed by atoms with Crippen molar-refractivity contribution >= 4 is 29.2 Å². The van der Waals surface area contributed by atoms with Crippen LogP contribution in [0.3, 0.4) is 0 Å². The van der Waals surface area contributed by atoms with Crippen molar-refractivity contribution in [2.75, 3.05) is 38.9 Å². The van der Waals surface area contributed by atoms with Gasteiger partial charge in [-0.25, -0.2) is 4.79 Å². The number of methoxy groups -OCH3 is 2. The van der Waals surface area contributed by atoms with Crippen molar-refractivity contribution in [2.45, 2.75) is 45.4 Å². The van der Waals surface area contributed by atoms with E-state index in [1.54, 1.807) is 51.1 Å². The second kappa shape index (κ2) is 13.3. The Labute approximate surface area is 239 Å². The molecule has 4 rings (SSSR count). The molecule has 40 heavy (non-hydrogen) atoms. The van der Waals surface area contributed by atoms with Gasteiger partial charge in [0.1, 0.15) is 12.4 Å². The second-order valence-corrected chi connectivity index (χ2v) is 11.1. The molecule has 0 aromatic heterocycles. The van der Waals surface area contributed by atoms with E-state index in [-0.39, 0.29) is 24.1 Å². The van der Waals surface area contributed by atoms with Crippen LogP contribution >= 0.6 is 11.8 Å². The van der Waals surface area contributed by atoms with Crippen LogP contribution in [0.1, 0.15) is 56.6 Å². The lowest BCUT2D eigenvalue weighted by Crippen LogP contribution is -2.41. The van der Waals surface area contributed by atoms with Crippen LogP contribution in [0.15, 0.2) is 52.7 Å². The number of Topliss-reactive ketones (excluding diaryl/α,β-unsaturated/α-hetero) is 1. The summed E-state index contributed by atoms with van der Waals surface area (Å²) in [5, 5.41) is 10.3. The smallest absolute Gasteiger partial charge is 0.336 e. The minimum Gasteiger partial charge on any atom is -0.504 e. The van der Waals surface area contributed by atoms with Crippen molar-refractivity contribution in [3.05, 3.63) is 58.8 Å². The van der Waals surface area contributed by atoms with Crippen LogP contribution in [-0.4, -0.2) is 61.5 Å². The van der Waals surface area contributed by atoms with Crippen LogP contribution in [0.5, 0.6) is 23.0 Å². The number of thioether (sulfide) groups is 1. The lowest BCUT2D eigenvalue weighted by molar-refractivity contribution is -0.139. The van der Waals surface area contributed by atoms with Gasteiger partial charge in [0, 0.05) is 29.5 Å². The summed E-state index contributed by atoms with van der Waals surface area (Å²) < 4.78 is 22.2. The summed E-state index contributed by atoms with van der Waals surface area (Å²) in [7, 11) is 3.17. The number of rotatable bonds is 11. The molecule has 1 unspecified atom stereocenters. The Morgan fingerprint density at radius 3 is 2.42 bits per heavy atom. The largest absolute Gasteiger partial charge is 0.504 e. The molecular weight excluding hydrogens is 530 g/mol. The van der Waals surface area contributed by atoms with Crippen molar-refractivity contribution in [2.24, 2.45) is 10.9 Å². The standard InChI is InChI=1S/C31H37NO7S/c1-6-38-26-17-20(8-10-23(26)33)29-28(31(35)39-12-13-40-7-2)18(3)32-22-14-21(15-24(34)30(22)29)19-9-11-25(36-4)27(16-19)37-5/h8-11,16-17,21,29-30,33H,6-7,12-15H2,1-5H3/t21-,29+,30?/m0/s1. The van der Waals surface area contributed by atoms with Gasteiger partial charge in [-0.1, -0.05) is 19.1 Å². The first kappa shape index (κ1) is 29.5. The van der Waals surface area contributed by atoms with E-state index in [0.29, 0.717) is 59.3 Å². The van der Waals surface area contributed by atoms with Gasteiger partial charge in [-0.2, -0.15) is 11.8 Å². The number of ether oxygens (including phenoxy) is 4. The number of esters is 1. The SMILES string of the molecule is CCOc1cc([C@@H]2C(C(=O)OCCSCC)=C(C)N=C3C[C@H](c4ccc(OC)c(OC)c4)CC(=O)C32)ccc1O. The third-order valence-electron chi connectivity index (χ3n) is 7.36. The quantitative estimate of drug-likeness (QED) is 0.273. The zero-order valence-electron chi connectivity index (χ0n) is 23.7. The van der Waals surface area contributed by atoms with E-state index in [9.17, 15) is 14.7 Å². The zero-order chi connectivity index (χ0) is 28.8. The number of carbonyl (C=O) groups excluding carboxylic acids is 2. The van der Waals surface area contributed by atoms with E-state index in [2.05, 4.69) is 6.92 Å². The molecular formula is C31H37NO7S. The number of fused-ring (bicyclic) bond motifs is 1. The topological polar surface area (TPSA) is 104 Å². The highest BCUT2D eigenvalue weighted by Gasteiger charge is 2.46. The molecule has 0 radical (unpaired) electrons. The molecule has 0 bridgehead atoms. The first-order chi connectivity index (χ1) is 19.3. The molecule has 2 aromatic rings. The number of hydrogen-bond donors (Lipinski definition) is 1. The number of phenolic OH excluding ortho intramolecular Hbond substituents is 1. The average Bonchev–Trinajstić information content (AvgIpc) is 2.95. The van der Waals surface area contributed by atoms with Crippen LogP contribution < -0.4 is 14.2 Å². The molecule has 0 amide bonds.